The van der Waals surface area contributed by atoms with E-state index in [0.717, 1.165) is 5.69 Å². The van der Waals surface area contributed by atoms with Crippen molar-refractivity contribution in [3.05, 3.63) is 29.8 Å². The molecule has 0 atom stereocenters. The molecule has 0 saturated carbocycles. The number of methoxy groups -OCH3 is 2. The molecule has 0 aliphatic carbocycles. The van der Waals surface area contributed by atoms with Crippen LogP contribution in [0.2, 0.25) is 0 Å². The SMILES string of the molecule is COC(CNc1ccc(C(=O)OC(C)C)cc1)OC. The third kappa shape index (κ3) is 5.28. The quantitative estimate of drug-likeness (QED) is 0.606. The van der Waals surface area contributed by atoms with E-state index in [-0.39, 0.29) is 18.4 Å². The number of anilines is 1. The molecule has 0 aliphatic heterocycles. The van der Waals surface area contributed by atoms with Gasteiger partial charge in [0.2, 0.25) is 0 Å². The number of hydrogen-bond donors (Lipinski definition) is 1. The lowest BCUT2D eigenvalue weighted by molar-refractivity contribution is -0.0914. The molecule has 1 N–H and O–H groups in total. The van der Waals surface area contributed by atoms with Crippen molar-refractivity contribution >= 4 is 11.7 Å². The maximum atomic E-state index is 11.6. The number of ether oxygens (including phenoxy) is 3. The van der Waals surface area contributed by atoms with E-state index >= 15 is 0 Å². The molecule has 5 heteroatoms. The van der Waals surface area contributed by atoms with Gasteiger partial charge in [-0.05, 0) is 38.1 Å². The van der Waals surface area contributed by atoms with E-state index in [2.05, 4.69) is 5.32 Å². The van der Waals surface area contributed by atoms with Gasteiger partial charge in [-0.1, -0.05) is 0 Å². The van der Waals surface area contributed by atoms with Gasteiger partial charge in [-0.3, -0.25) is 0 Å². The molecule has 0 heterocycles. The first-order chi connectivity index (χ1) is 9.06. The van der Waals surface area contributed by atoms with Crippen LogP contribution >= 0.6 is 0 Å². The van der Waals surface area contributed by atoms with Gasteiger partial charge < -0.3 is 19.5 Å². The molecule has 5 nitrogen and oxygen atoms in total. The van der Waals surface area contributed by atoms with Gasteiger partial charge in [0, 0.05) is 19.9 Å². The Morgan fingerprint density at radius 2 is 1.74 bits per heavy atom. The highest BCUT2D eigenvalue weighted by atomic mass is 16.7. The van der Waals surface area contributed by atoms with Crippen LogP contribution in [0.15, 0.2) is 24.3 Å². The fourth-order valence-electron chi connectivity index (χ4n) is 1.47. The van der Waals surface area contributed by atoms with Crippen LogP contribution in [0, 0.1) is 0 Å². The Labute approximate surface area is 113 Å². The summed E-state index contributed by atoms with van der Waals surface area (Å²) in [6, 6.07) is 7.09. The number of hydrogen-bond acceptors (Lipinski definition) is 5. The van der Waals surface area contributed by atoms with Gasteiger partial charge in [-0.15, -0.1) is 0 Å². The van der Waals surface area contributed by atoms with Crippen molar-refractivity contribution in [3.8, 4) is 0 Å². The first-order valence-corrected chi connectivity index (χ1v) is 6.17. The first kappa shape index (κ1) is 15.5. The molecule has 0 aliphatic rings. The van der Waals surface area contributed by atoms with Crippen molar-refractivity contribution < 1.29 is 19.0 Å². The Kier molecular flexibility index (Phi) is 6.32. The Hall–Kier alpha value is -1.59. The predicted octanol–water partition coefficient (Wildman–Crippen LogP) is 2.28. The first-order valence-electron chi connectivity index (χ1n) is 6.17. The molecular formula is C14H21NO4. The minimum atomic E-state index is -0.312. The van der Waals surface area contributed by atoms with Crippen LogP contribution in [-0.4, -0.2) is 39.1 Å². The van der Waals surface area contributed by atoms with Crippen LogP contribution < -0.4 is 5.32 Å². The molecule has 0 fully saturated rings. The van der Waals surface area contributed by atoms with Crippen LogP contribution in [0.1, 0.15) is 24.2 Å². The summed E-state index contributed by atoms with van der Waals surface area (Å²) in [7, 11) is 3.17. The van der Waals surface area contributed by atoms with Crippen molar-refractivity contribution in [3.63, 3.8) is 0 Å². The summed E-state index contributed by atoms with van der Waals surface area (Å²) in [6.07, 6.45) is -0.417. The molecular weight excluding hydrogens is 246 g/mol. The highest BCUT2D eigenvalue weighted by Gasteiger charge is 2.09. The van der Waals surface area contributed by atoms with Crippen molar-refractivity contribution in [2.75, 3.05) is 26.1 Å². The number of esters is 1. The molecule has 0 unspecified atom stereocenters. The van der Waals surface area contributed by atoms with E-state index in [4.69, 9.17) is 14.2 Å². The average molecular weight is 267 g/mol. The highest BCUT2D eigenvalue weighted by Crippen LogP contribution is 2.11. The van der Waals surface area contributed by atoms with E-state index in [1.807, 2.05) is 26.0 Å². The maximum absolute atomic E-state index is 11.6. The van der Waals surface area contributed by atoms with E-state index in [0.29, 0.717) is 12.1 Å². The predicted molar refractivity (Wildman–Crippen MR) is 73.3 cm³/mol. The van der Waals surface area contributed by atoms with Gasteiger partial charge in [0.1, 0.15) is 0 Å². The molecule has 0 bridgehead atoms. The van der Waals surface area contributed by atoms with Crippen molar-refractivity contribution in [2.24, 2.45) is 0 Å². The van der Waals surface area contributed by atoms with Gasteiger partial charge in [0.25, 0.3) is 0 Å². The second kappa shape index (κ2) is 7.76. The third-order valence-corrected chi connectivity index (χ3v) is 2.46. The van der Waals surface area contributed by atoms with Crippen molar-refractivity contribution in [2.45, 2.75) is 26.2 Å². The molecule has 0 amide bonds. The smallest absolute Gasteiger partial charge is 0.338 e. The van der Waals surface area contributed by atoms with Crippen LogP contribution in [0.25, 0.3) is 0 Å². The van der Waals surface area contributed by atoms with E-state index in [9.17, 15) is 4.79 Å². The standard InChI is InChI=1S/C14H21NO4/c1-10(2)19-14(16)11-5-7-12(8-6-11)15-9-13(17-3)18-4/h5-8,10,13,15H,9H2,1-4H3. The number of carbonyl (C=O) groups excluding carboxylic acids is 1. The van der Waals surface area contributed by atoms with E-state index < -0.39 is 0 Å². The summed E-state index contributed by atoms with van der Waals surface area (Å²) in [6.45, 7) is 4.18. The molecule has 1 aromatic carbocycles. The number of carbonyl (C=O) groups is 1. The Bertz CT molecular complexity index is 385. The van der Waals surface area contributed by atoms with Crippen LogP contribution in [0.3, 0.4) is 0 Å². The average Bonchev–Trinajstić information content (AvgIpc) is 2.39. The Morgan fingerprint density at radius 1 is 1.16 bits per heavy atom. The van der Waals surface area contributed by atoms with Gasteiger partial charge >= 0.3 is 5.97 Å². The lowest BCUT2D eigenvalue weighted by Gasteiger charge is -2.15. The summed E-state index contributed by atoms with van der Waals surface area (Å²) < 4.78 is 15.2. The maximum Gasteiger partial charge on any atom is 0.338 e. The molecule has 0 radical (unpaired) electrons. The molecule has 19 heavy (non-hydrogen) atoms. The summed E-state index contributed by atoms with van der Waals surface area (Å²) in [5.41, 5.74) is 1.43. The van der Waals surface area contributed by atoms with Crippen LogP contribution in [0.5, 0.6) is 0 Å². The summed E-state index contributed by atoms with van der Waals surface area (Å²) >= 11 is 0. The molecule has 0 saturated heterocycles. The van der Waals surface area contributed by atoms with Crippen molar-refractivity contribution in [1.82, 2.24) is 0 Å². The largest absolute Gasteiger partial charge is 0.459 e. The monoisotopic (exact) mass is 267 g/mol. The molecule has 106 valence electrons. The minimum absolute atomic E-state index is 0.116. The lowest BCUT2D eigenvalue weighted by Crippen LogP contribution is -2.23. The van der Waals surface area contributed by atoms with Crippen LogP contribution in [0.4, 0.5) is 5.69 Å². The number of nitrogens with one attached hydrogen (secondary N) is 1. The second-order valence-electron chi connectivity index (χ2n) is 4.31. The number of benzene rings is 1. The molecule has 1 aromatic rings. The van der Waals surface area contributed by atoms with Gasteiger partial charge in [0.05, 0.1) is 18.2 Å². The Morgan fingerprint density at radius 3 is 2.21 bits per heavy atom. The van der Waals surface area contributed by atoms with E-state index in [1.165, 1.54) is 0 Å². The molecule has 0 spiro atoms. The number of rotatable bonds is 7. The Balaban J connectivity index is 2.54. The topological polar surface area (TPSA) is 56.8 Å². The summed E-state index contributed by atoms with van der Waals surface area (Å²) in [5.74, 6) is -0.312. The molecule has 0 aromatic heterocycles. The normalized spacial score (nSPS) is 10.8. The summed E-state index contributed by atoms with van der Waals surface area (Å²) in [4.78, 5) is 11.6. The zero-order valence-corrected chi connectivity index (χ0v) is 11.8. The lowest BCUT2D eigenvalue weighted by atomic mass is 10.2. The highest BCUT2D eigenvalue weighted by molar-refractivity contribution is 5.89. The minimum Gasteiger partial charge on any atom is -0.459 e. The van der Waals surface area contributed by atoms with Crippen molar-refractivity contribution in [1.29, 1.82) is 0 Å². The third-order valence-electron chi connectivity index (χ3n) is 2.46. The fourth-order valence-corrected chi connectivity index (χ4v) is 1.47. The fraction of sp³-hybridized carbons (Fsp3) is 0.500. The zero-order chi connectivity index (χ0) is 14.3. The van der Waals surface area contributed by atoms with Gasteiger partial charge in [-0.2, -0.15) is 0 Å². The van der Waals surface area contributed by atoms with Gasteiger partial charge in [0.15, 0.2) is 6.29 Å². The zero-order valence-electron chi connectivity index (χ0n) is 11.8. The summed E-state index contributed by atoms with van der Waals surface area (Å²) in [5, 5.41) is 3.15. The molecule has 1 rings (SSSR count). The van der Waals surface area contributed by atoms with Gasteiger partial charge in [-0.25, -0.2) is 4.79 Å². The van der Waals surface area contributed by atoms with Crippen LogP contribution in [-0.2, 0) is 14.2 Å². The second-order valence-corrected chi connectivity index (χ2v) is 4.31. The van der Waals surface area contributed by atoms with E-state index in [1.54, 1.807) is 26.4 Å².